The van der Waals surface area contributed by atoms with Crippen molar-refractivity contribution in [2.75, 3.05) is 39.3 Å². The fourth-order valence-corrected chi connectivity index (χ4v) is 1.43. The van der Waals surface area contributed by atoms with Crippen molar-refractivity contribution in [3.63, 3.8) is 0 Å². The quantitative estimate of drug-likeness (QED) is 0.521. The molecule has 6 heteroatoms. The van der Waals surface area contributed by atoms with Gasteiger partial charge in [-0.1, -0.05) is 0 Å². The van der Waals surface area contributed by atoms with Gasteiger partial charge in [0, 0.05) is 32.7 Å². The van der Waals surface area contributed by atoms with Gasteiger partial charge in [-0.3, -0.25) is 4.79 Å². The van der Waals surface area contributed by atoms with Gasteiger partial charge in [-0.05, 0) is 12.1 Å². The third-order valence-corrected chi connectivity index (χ3v) is 2.27. The molecule has 0 fully saturated rings. The van der Waals surface area contributed by atoms with E-state index < -0.39 is 0 Å². The minimum absolute atomic E-state index is 0.0661. The number of rotatable bonds is 8. The number of aliphatic hydroxyl groups excluding tert-OH is 1. The number of aliphatic hydroxyl groups is 1. The molecule has 96 valence electrons. The number of carbonyl (C=O) groups is 1. The molecule has 6 nitrogen and oxygen atoms in total. The third kappa shape index (κ3) is 4.56. The van der Waals surface area contributed by atoms with Crippen LogP contribution in [0.2, 0.25) is 0 Å². The highest BCUT2D eigenvalue weighted by Gasteiger charge is 2.16. The number of hydrogen-bond donors (Lipinski definition) is 3. The van der Waals surface area contributed by atoms with Crippen molar-refractivity contribution in [1.29, 1.82) is 0 Å². The van der Waals surface area contributed by atoms with Gasteiger partial charge in [0.05, 0.1) is 12.9 Å². The Bertz CT molecular complexity index is 314. The smallest absolute Gasteiger partial charge is 0.289 e. The van der Waals surface area contributed by atoms with E-state index in [9.17, 15) is 4.79 Å². The van der Waals surface area contributed by atoms with Crippen LogP contribution in [0.5, 0.6) is 0 Å². The molecule has 1 aromatic rings. The lowest BCUT2D eigenvalue weighted by atomic mass is 10.3. The van der Waals surface area contributed by atoms with Crippen molar-refractivity contribution in [2.45, 2.75) is 0 Å². The van der Waals surface area contributed by atoms with Crippen LogP contribution in [0.15, 0.2) is 22.8 Å². The van der Waals surface area contributed by atoms with Crippen LogP contribution < -0.4 is 11.1 Å². The van der Waals surface area contributed by atoms with Crippen molar-refractivity contribution in [2.24, 2.45) is 5.73 Å². The van der Waals surface area contributed by atoms with Crippen molar-refractivity contribution in [1.82, 2.24) is 10.2 Å². The highest BCUT2D eigenvalue weighted by atomic mass is 16.3. The number of nitrogens with one attached hydrogen (secondary N) is 1. The van der Waals surface area contributed by atoms with Crippen LogP contribution in [-0.2, 0) is 0 Å². The Morgan fingerprint density at radius 2 is 2.29 bits per heavy atom. The number of nitrogens with two attached hydrogens (primary N) is 1. The van der Waals surface area contributed by atoms with Crippen LogP contribution in [0.25, 0.3) is 0 Å². The van der Waals surface area contributed by atoms with Gasteiger partial charge in [0.15, 0.2) is 5.76 Å². The monoisotopic (exact) mass is 241 g/mol. The molecular weight excluding hydrogens is 222 g/mol. The maximum absolute atomic E-state index is 11.9. The first-order chi connectivity index (χ1) is 8.29. The summed E-state index contributed by atoms with van der Waals surface area (Å²) in [6, 6.07) is 3.27. The second-order valence-electron chi connectivity index (χ2n) is 3.53. The molecule has 0 atom stereocenters. The predicted octanol–water partition coefficient (Wildman–Crippen LogP) is -0.738. The fraction of sp³-hybridized carbons (Fsp3) is 0.545. The average molecular weight is 241 g/mol. The van der Waals surface area contributed by atoms with Crippen LogP contribution in [0.1, 0.15) is 10.6 Å². The molecule has 1 heterocycles. The molecule has 0 radical (unpaired) electrons. The predicted molar refractivity (Wildman–Crippen MR) is 63.6 cm³/mol. The Hall–Kier alpha value is -1.37. The van der Waals surface area contributed by atoms with Gasteiger partial charge < -0.3 is 25.5 Å². The fourth-order valence-electron chi connectivity index (χ4n) is 1.43. The second-order valence-corrected chi connectivity index (χ2v) is 3.53. The van der Waals surface area contributed by atoms with Gasteiger partial charge in [0.1, 0.15) is 0 Å². The summed E-state index contributed by atoms with van der Waals surface area (Å²) in [6.45, 7) is 2.66. The zero-order chi connectivity index (χ0) is 12.5. The molecule has 0 unspecified atom stereocenters. The number of furan rings is 1. The normalized spacial score (nSPS) is 10.5. The van der Waals surface area contributed by atoms with Crippen molar-refractivity contribution in [3.8, 4) is 0 Å². The van der Waals surface area contributed by atoms with Gasteiger partial charge >= 0.3 is 0 Å². The Morgan fingerprint density at radius 1 is 1.47 bits per heavy atom. The summed E-state index contributed by atoms with van der Waals surface area (Å²) in [5.41, 5.74) is 5.34. The highest BCUT2D eigenvalue weighted by molar-refractivity contribution is 5.91. The third-order valence-electron chi connectivity index (χ3n) is 2.27. The molecule has 0 bridgehead atoms. The van der Waals surface area contributed by atoms with Crippen LogP contribution in [0.3, 0.4) is 0 Å². The maximum atomic E-state index is 11.9. The van der Waals surface area contributed by atoms with Crippen LogP contribution in [0.4, 0.5) is 0 Å². The average Bonchev–Trinajstić information content (AvgIpc) is 2.86. The van der Waals surface area contributed by atoms with Crippen LogP contribution >= 0.6 is 0 Å². The summed E-state index contributed by atoms with van der Waals surface area (Å²) < 4.78 is 5.04. The Kier molecular flexibility index (Phi) is 6.31. The van der Waals surface area contributed by atoms with E-state index in [0.29, 0.717) is 32.7 Å². The molecule has 4 N–H and O–H groups in total. The van der Waals surface area contributed by atoms with Gasteiger partial charge in [0.25, 0.3) is 5.91 Å². The molecule has 0 aliphatic heterocycles. The number of nitrogens with zero attached hydrogens (tertiary/aromatic N) is 1. The zero-order valence-electron chi connectivity index (χ0n) is 9.76. The van der Waals surface area contributed by atoms with E-state index in [-0.39, 0.29) is 18.3 Å². The summed E-state index contributed by atoms with van der Waals surface area (Å²) >= 11 is 0. The molecular formula is C11H19N3O3. The van der Waals surface area contributed by atoms with Crippen LogP contribution in [-0.4, -0.2) is 55.2 Å². The maximum Gasteiger partial charge on any atom is 0.289 e. The lowest BCUT2D eigenvalue weighted by Crippen LogP contribution is -2.39. The Labute approximate surface area is 100 Å². The largest absolute Gasteiger partial charge is 0.459 e. The highest BCUT2D eigenvalue weighted by Crippen LogP contribution is 2.04. The summed E-state index contributed by atoms with van der Waals surface area (Å²) in [4.78, 5) is 13.5. The molecule has 1 rings (SSSR count). The molecule has 0 aliphatic carbocycles. The summed E-state index contributed by atoms with van der Waals surface area (Å²) in [6.07, 6.45) is 1.46. The second kappa shape index (κ2) is 7.83. The van der Waals surface area contributed by atoms with Crippen molar-refractivity contribution in [3.05, 3.63) is 24.2 Å². The van der Waals surface area contributed by atoms with E-state index in [1.54, 1.807) is 17.0 Å². The molecule has 0 saturated heterocycles. The van der Waals surface area contributed by atoms with Gasteiger partial charge in [-0.25, -0.2) is 0 Å². The Balaban J connectivity index is 2.44. The molecule has 17 heavy (non-hydrogen) atoms. The van der Waals surface area contributed by atoms with E-state index in [2.05, 4.69) is 5.32 Å². The minimum atomic E-state index is -0.210. The SMILES string of the molecule is NCCNCCN(CCO)C(=O)c1ccco1. The molecule has 0 spiro atoms. The van der Waals surface area contributed by atoms with Gasteiger partial charge in [-0.2, -0.15) is 0 Å². The summed E-state index contributed by atoms with van der Waals surface area (Å²) in [5.74, 6) is 0.0795. The van der Waals surface area contributed by atoms with Crippen molar-refractivity contribution < 1.29 is 14.3 Å². The van der Waals surface area contributed by atoms with E-state index >= 15 is 0 Å². The first kappa shape index (κ1) is 13.7. The van der Waals surface area contributed by atoms with E-state index in [4.69, 9.17) is 15.3 Å². The lowest BCUT2D eigenvalue weighted by Gasteiger charge is -2.20. The first-order valence-corrected chi connectivity index (χ1v) is 5.64. The lowest BCUT2D eigenvalue weighted by molar-refractivity contribution is 0.0692. The van der Waals surface area contributed by atoms with Gasteiger partial charge in [-0.15, -0.1) is 0 Å². The molecule has 0 aromatic carbocycles. The molecule has 1 aromatic heterocycles. The number of carbonyl (C=O) groups excluding carboxylic acids is 1. The van der Waals surface area contributed by atoms with Crippen molar-refractivity contribution >= 4 is 5.91 Å². The zero-order valence-corrected chi connectivity index (χ0v) is 9.76. The van der Waals surface area contributed by atoms with E-state index in [0.717, 1.165) is 0 Å². The summed E-state index contributed by atoms with van der Waals surface area (Å²) in [5, 5.41) is 12.0. The minimum Gasteiger partial charge on any atom is -0.459 e. The summed E-state index contributed by atoms with van der Waals surface area (Å²) in [7, 11) is 0. The number of amides is 1. The number of hydrogen-bond acceptors (Lipinski definition) is 5. The molecule has 0 aliphatic rings. The van der Waals surface area contributed by atoms with E-state index in [1.165, 1.54) is 6.26 Å². The molecule has 0 saturated carbocycles. The first-order valence-electron chi connectivity index (χ1n) is 5.64. The Morgan fingerprint density at radius 3 is 2.88 bits per heavy atom. The molecule has 1 amide bonds. The van der Waals surface area contributed by atoms with Gasteiger partial charge in [0.2, 0.25) is 0 Å². The van der Waals surface area contributed by atoms with Crippen LogP contribution in [0, 0.1) is 0 Å². The topological polar surface area (TPSA) is 91.7 Å². The standard InChI is InChI=1S/C11H19N3O3/c12-3-4-13-5-6-14(7-8-15)11(16)10-2-1-9-17-10/h1-2,9,13,15H,3-8,12H2. The van der Waals surface area contributed by atoms with E-state index in [1.807, 2.05) is 0 Å².